The average Bonchev–Trinajstić information content (AvgIpc) is 2.57. The smallest absolute Gasteiger partial charge is 0.313 e. The van der Waals surface area contributed by atoms with Crippen molar-refractivity contribution < 1.29 is 9.53 Å². The summed E-state index contributed by atoms with van der Waals surface area (Å²) in [6, 6.07) is 0. The molecule has 2 saturated carbocycles. The number of carbonyl (C=O) groups excluding carboxylic acids is 1. The highest BCUT2D eigenvalue weighted by molar-refractivity contribution is 5.81. The number of hydrogen-bond donors (Lipinski definition) is 0. The van der Waals surface area contributed by atoms with Crippen molar-refractivity contribution in [3.05, 3.63) is 12.2 Å². The van der Waals surface area contributed by atoms with Gasteiger partial charge in [-0.2, -0.15) is 0 Å². The van der Waals surface area contributed by atoms with Gasteiger partial charge in [0.15, 0.2) is 0 Å². The molecular weight excluding hydrogens is 212 g/mol. The van der Waals surface area contributed by atoms with Crippen molar-refractivity contribution in [3.8, 4) is 0 Å². The zero-order valence-electron chi connectivity index (χ0n) is 10.9. The fraction of sp³-hybridized carbons (Fsp3) is 0.800. The lowest BCUT2D eigenvalue weighted by atomic mass is 9.48. The molecule has 94 valence electrons. The van der Waals surface area contributed by atoms with E-state index in [0.29, 0.717) is 18.4 Å². The van der Waals surface area contributed by atoms with Crippen molar-refractivity contribution in [1.82, 2.24) is 0 Å². The Kier molecular flexibility index (Phi) is 2.24. The third-order valence-electron chi connectivity index (χ3n) is 5.61. The van der Waals surface area contributed by atoms with Gasteiger partial charge in [-0.05, 0) is 37.0 Å². The topological polar surface area (TPSA) is 26.3 Å². The molecule has 0 amide bonds. The number of cyclic esters (lactones) is 1. The van der Waals surface area contributed by atoms with Crippen molar-refractivity contribution in [2.75, 3.05) is 6.61 Å². The van der Waals surface area contributed by atoms with E-state index in [1.165, 1.54) is 12.0 Å². The third-order valence-corrected chi connectivity index (χ3v) is 5.61. The first kappa shape index (κ1) is 11.3. The summed E-state index contributed by atoms with van der Waals surface area (Å²) in [5.74, 6) is 0.865. The number of rotatable bonds is 0. The van der Waals surface area contributed by atoms with Crippen LogP contribution in [0, 0.1) is 22.7 Å². The van der Waals surface area contributed by atoms with Gasteiger partial charge in [0.2, 0.25) is 0 Å². The van der Waals surface area contributed by atoms with Gasteiger partial charge in [0.25, 0.3) is 0 Å². The predicted molar refractivity (Wildman–Crippen MR) is 66.4 cm³/mol. The molecule has 1 heterocycles. The maximum absolute atomic E-state index is 12.3. The van der Waals surface area contributed by atoms with Crippen molar-refractivity contribution in [3.63, 3.8) is 0 Å². The SMILES string of the molecule is C=C1CCC2C(C)(C)CCC[C@@]23C(=O)OCC13. The Morgan fingerprint density at radius 3 is 2.88 bits per heavy atom. The minimum absolute atomic E-state index is 0.0705. The molecule has 17 heavy (non-hydrogen) atoms. The highest BCUT2D eigenvalue weighted by Gasteiger charge is 2.63. The Morgan fingerprint density at radius 2 is 2.12 bits per heavy atom. The van der Waals surface area contributed by atoms with Gasteiger partial charge in [-0.1, -0.05) is 32.4 Å². The molecule has 2 nitrogen and oxygen atoms in total. The Balaban J connectivity index is 2.09. The van der Waals surface area contributed by atoms with Crippen LogP contribution >= 0.6 is 0 Å². The van der Waals surface area contributed by atoms with E-state index in [0.717, 1.165) is 25.7 Å². The van der Waals surface area contributed by atoms with Gasteiger partial charge < -0.3 is 4.74 Å². The second kappa shape index (κ2) is 3.37. The Morgan fingerprint density at radius 1 is 1.35 bits per heavy atom. The average molecular weight is 234 g/mol. The summed E-state index contributed by atoms with van der Waals surface area (Å²) in [6.07, 6.45) is 5.62. The van der Waals surface area contributed by atoms with Crippen LogP contribution in [0.25, 0.3) is 0 Å². The molecule has 0 N–H and O–H groups in total. The summed E-state index contributed by atoms with van der Waals surface area (Å²) in [5.41, 5.74) is 1.32. The molecule has 1 saturated heterocycles. The Labute approximate surface area is 103 Å². The molecule has 0 aromatic heterocycles. The highest BCUT2D eigenvalue weighted by atomic mass is 16.5. The first-order chi connectivity index (χ1) is 7.98. The molecule has 1 aliphatic heterocycles. The van der Waals surface area contributed by atoms with Crippen molar-refractivity contribution >= 4 is 5.97 Å². The van der Waals surface area contributed by atoms with E-state index in [1.54, 1.807) is 0 Å². The Hall–Kier alpha value is -0.790. The van der Waals surface area contributed by atoms with Crippen molar-refractivity contribution in [1.29, 1.82) is 0 Å². The molecule has 0 aromatic carbocycles. The zero-order chi connectivity index (χ0) is 12.3. The van der Waals surface area contributed by atoms with E-state index in [4.69, 9.17) is 4.74 Å². The Bertz CT molecular complexity index is 382. The largest absolute Gasteiger partial charge is 0.465 e. The van der Waals surface area contributed by atoms with E-state index in [-0.39, 0.29) is 16.8 Å². The van der Waals surface area contributed by atoms with E-state index >= 15 is 0 Å². The fourth-order valence-electron chi connectivity index (χ4n) is 4.76. The minimum atomic E-state index is -0.211. The molecule has 0 aromatic rings. The summed E-state index contributed by atoms with van der Waals surface area (Å²) in [4.78, 5) is 12.3. The van der Waals surface area contributed by atoms with E-state index in [1.807, 2.05) is 0 Å². The van der Waals surface area contributed by atoms with Crippen LogP contribution in [0.1, 0.15) is 46.0 Å². The van der Waals surface area contributed by atoms with Crippen molar-refractivity contribution in [2.45, 2.75) is 46.0 Å². The lowest BCUT2D eigenvalue weighted by Gasteiger charge is -2.54. The maximum atomic E-state index is 12.3. The number of ether oxygens (including phenoxy) is 1. The van der Waals surface area contributed by atoms with Crippen LogP contribution in [0.3, 0.4) is 0 Å². The van der Waals surface area contributed by atoms with Gasteiger partial charge in [0, 0.05) is 5.92 Å². The molecule has 3 fully saturated rings. The molecular formula is C15H22O2. The van der Waals surface area contributed by atoms with Gasteiger partial charge in [-0.15, -0.1) is 0 Å². The molecule has 0 bridgehead atoms. The monoisotopic (exact) mass is 234 g/mol. The second-order valence-electron chi connectivity index (χ2n) is 6.78. The first-order valence-corrected chi connectivity index (χ1v) is 6.83. The van der Waals surface area contributed by atoms with E-state index in [9.17, 15) is 4.79 Å². The predicted octanol–water partition coefficient (Wildman–Crippen LogP) is 3.32. The van der Waals surface area contributed by atoms with Gasteiger partial charge in [0.1, 0.15) is 0 Å². The molecule has 3 aliphatic rings. The standard InChI is InChI=1S/C15H22O2/c1-10-5-6-12-14(2,3)7-4-8-15(12)11(10)9-17-13(15)16/h11-12H,1,4-9H2,2-3H3/t11?,12?,15-/m0/s1. The van der Waals surface area contributed by atoms with Crippen LogP contribution in [0.2, 0.25) is 0 Å². The van der Waals surface area contributed by atoms with Gasteiger partial charge >= 0.3 is 5.97 Å². The lowest BCUT2D eigenvalue weighted by molar-refractivity contribution is -0.157. The van der Waals surface area contributed by atoms with Gasteiger partial charge in [-0.3, -0.25) is 4.79 Å². The quantitative estimate of drug-likeness (QED) is 0.475. The van der Waals surface area contributed by atoms with Crippen LogP contribution in [-0.2, 0) is 9.53 Å². The summed E-state index contributed by atoms with van der Waals surface area (Å²) in [6.45, 7) is 9.44. The molecule has 0 radical (unpaired) electrons. The van der Waals surface area contributed by atoms with Crippen LogP contribution in [-0.4, -0.2) is 12.6 Å². The molecule has 3 atom stereocenters. The molecule has 2 heteroatoms. The maximum Gasteiger partial charge on any atom is 0.313 e. The van der Waals surface area contributed by atoms with Crippen LogP contribution in [0.5, 0.6) is 0 Å². The van der Waals surface area contributed by atoms with E-state index < -0.39 is 0 Å². The summed E-state index contributed by atoms with van der Waals surface area (Å²) < 4.78 is 5.42. The first-order valence-electron chi connectivity index (χ1n) is 6.83. The van der Waals surface area contributed by atoms with Gasteiger partial charge in [0.05, 0.1) is 12.0 Å². The fourth-order valence-corrected chi connectivity index (χ4v) is 4.76. The second-order valence-corrected chi connectivity index (χ2v) is 6.78. The number of esters is 1. The van der Waals surface area contributed by atoms with Gasteiger partial charge in [-0.25, -0.2) is 0 Å². The molecule has 3 rings (SSSR count). The minimum Gasteiger partial charge on any atom is -0.465 e. The summed E-state index contributed by atoms with van der Waals surface area (Å²) in [5, 5.41) is 0. The zero-order valence-corrected chi connectivity index (χ0v) is 10.9. The van der Waals surface area contributed by atoms with E-state index in [2.05, 4.69) is 20.4 Å². The summed E-state index contributed by atoms with van der Waals surface area (Å²) >= 11 is 0. The highest BCUT2D eigenvalue weighted by Crippen LogP contribution is 2.63. The molecule has 2 unspecified atom stereocenters. The van der Waals surface area contributed by atoms with Crippen LogP contribution in [0.15, 0.2) is 12.2 Å². The molecule has 2 aliphatic carbocycles. The number of hydrogen-bond acceptors (Lipinski definition) is 2. The van der Waals surface area contributed by atoms with Crippen LogP contribution in [0.4, 0.5) is 0 Å². The van der Waals surface area contributed by atoms with Crippen molar-refractivity contribution in [2.24, 2.45) is 22.7 Å². The lowest BCUT2D eigenvalue weighted by Crippen LogP contribution is -2.52. The van der Waals surface area contributed by atoms with Crippen LogP contribution < -0.4 is 0 Å². The number of carbonyl (C=O) groups is 1. The normalized spacial score (nSPS) is 43.9. The summed E-state index contributed by atoms with van der Waals surface area (Å²) in [7, 11) is 0. The third kappa shape index (κ3) is 1.30. The molecule has 1 spiro atoms.